The van der Waals surface area contributed by atoms with Crippen LogP contribution in [0.25, 0.3) is 0 Å². The van der Waals surface area contributed by atoms with Crippen molar-refractivity contribution in [1.82, 2.24) is 0 Å². The molecule has 1 amide bonds. The van der Waals surface area contributed by atoms with Crippen molar-refractivity contribution in [3.05, 3.63) is 59.7 Å². The summed E-state index contributed by atoms with van der Waals surface area (Å²) in [5.74, 6) is -2.33. The molecule has 25 heavy (non-hydrogen) atoms. The highest BCUT2D eigenvalue weighted by Crippen LogP contribution is 2.21. The van der Waals surface area contributed by atoms with E-state index in [1.54, 1.807) is 36.5 Å². The Morgan fingerprint density at radius 2 is 1.56 bits per heavy atom. The lowest BCUT2D eigenvalue weighted by Crippen LogP contribution is -2.29. The molecule has 0 aliphatic rings. The van der Waals surface area contributed by atoms with E-state index in [0.29, 0.717) is 5.56 Å². The van der Waals surface area contributed by atoms with Gasteiger partial charge in [0, 0.05) is 11.4 Å². The maximum absolute atomic E-state index is 12.2. The highest BCUT2D eigenvalue weighted by Gasteiger charge is 2.38. The van der Waals surface area contributed by atoms with E-state index in [9.17, 15) is 26.4 Å². The number of rotatable bonds is 5. The molecule has 0 atom stereocenters. The Bertz CT molecular complexity index is 863. The van der Waals surface area contributed by atoms with Gasteiger partial charge in [-0.2, -0.15) is 13.2 Å². The van der Waals surface area contributed by atoms with Gasteiger partial charge in [-0.05, 0) is 42.3 Å². The van der Waals surface area contributed by atoms with Crippen LogP contribution in [0.3, 0.4) is 0 Å². The molecule has 2 rings (SSSR count). The average Bonchev–Trinajstić information content (AvgIpc) is 2.50. The molecule has 2 N–H and O–H groups in total. The Kier molecular flexibility index (Phi) is 5.36. The number of amides is 1. The molecule has 0 aromatic heterocycles. The summed E-state index contributed by atoms with van der Waals surface area (Å²) in [5, 5.41) is 1.68. The minimum Gasteiger partial charge on any atom is -0.318 e. The predicted molar refractivity (Wildman–Crippen MR) is 88.6 cm³/mol. The predicted octanol–water partition coefficient (Wildman–Crippen LogP) is 3.44. The van der Waals surface area contributed by atoms with Crippen molar-refractivity contribution in [2.45, 2.75) is 18.9 Å². The van der Waals surface area contributed by atoms with Crippen LogP contribution in [0.1, 0.15) is 11.1 Å². The number of halogens is 3. The van der Waals surface area contributed by atoms with E-state index in [-0.39, 0.29) is 17.1 Å². The summed E-state index contributed by atoms with van der Waals surface area (Å²) >= 11 is 0. The molecular weight excluding hydrogens is 357 g/mol. The fourth-order valence-corrected chi connectivity index (χ4v) is 3.32. The first-order chi connectivity index (χ1) is 11.6. The van der Waals surface area contributed by atoms with E-state index >= 15 is 0 Å². The second kappa shape index (κ2) is 7.14. The molecule has 0 aliphatic heterocycles. The lowest BCUT2D eigenvalue weighted by atomic mass is 10.1. The van der Waals surface area contributed by atoms with Crippen LogP contribution < -0.4 is 10.0 Å². The molecule has 0 bridgehead atoms. The van der Waals surface area contributed by atoms with Crippen LogP contribution in [0.15, 0.2) is 48.5 Å². The highest BCUT2D eigenvalue weighted by atomic mass is 32.2. The van der Waals surface area contributed by atoms with Gasteiger partial charge in [0.2, 0.25) is 10.0 Å². The smallest absolute Gasteiger partial charge is 0.318 e. The minimum absolute atomic E-state index is 0.0934. The van der Waals surface area contributed by atoms with Gasteiger partial charge in [-0.15, -0.1) is 0 Å². The van der Waals surface area contributed by atoms with Crippen molar-refractivity contribution < 1.29 is 26.4 Å². The van der Waals surface area contributed by atoms with Gasteiger partial charge in [-0.25, -0.2) is 8.42 Å². The lowest BCUT2D eigenvalue weighted by molar-refractivity contribution is -0.167. The Morgan fingerprint density at radius 3 is 2.12 bits per heavy atom. The van der Waals surface area contributed by atoms with Crippen LogP contribution in [0.5, 0.6) is 0 Å². The minimum atomic E-state index is -4.99. The van der Waals surface area contributed by atoms with Gasteiger partial charge in [0.1, 0.15) is 0 Å². The highest BCUT2D eigenvalue weighted by molar-refractivity contribution is 7.91. The zero-order valence-electron chi connectivity index (χ0n) is 13.1. The molecule has 0 aliphatic carbocycles. The van der Waals surface area contributed by atoms with Crippen LogP contribution in [0.4, 0.5) is 24.5 Å². The number of hydrogen-bond acceptors (Lipinski definition) is 3. The molecular formula is C16H15F3N2O3S. The summed E-state index contributed by atoms with van der Waals surface area (Å²) in [6.07, 6.45) is -4.99. The van der Waals surface area contributed by atoms with Gasteiger partial charge >= 0.3 is 12.1 Å². The molecule has 9 heteroatoms. The SMILES string of the molecule is Cc1ccccc1CS(=O)(=O)Nc1ccc(NC(=O)C(F)(F)F)cc1. The van der Waals surface area contributed by atoms with Crippen molar-refractivity contribution in [2.75, 3.05) is 10.0 Å². The monoisotopic (exact) mass is 372 g/mol. The Hall–Kier alpha value is -2.55. The van der Waals surface area contributed by atoms with Gasteiger partial charge in [0.05, 0.1) is 5.75 Å². The number of carbonyl (C=O) groups excluding carboxylic acids is 1. The normalized spacial score (nSPS) is 11.8. The number of carbonyl (C=O) groups is 1. The van der Waals surface area contributed by atoms with Crippen LogP contribution in [-0.2, 0) is 20.6 Å². The summed E-state index contributed by atoms with van der Waals surface area (Å²) in [6, 6.07) is 11.9. The topological polar surface area (TPSA) is 75.3 Å². The second-order valence-corrected chi connectivity index (χ2v) is 7.04. The molecule has 0 fully saturated rings. The number of nitrogens with one attached hydrogen (secondary N) is 2. The third kappa shape index (κ3) is 5.49. The molecule has 2 aromatic rings. The number of alkyl halides is 3. The van der Waals surface area contributed by atoms with Crippen LogP contribution >= 0.6 is 0 Å². The number of anilines is 2. The van der Waals surface area contributed by atoms with Crippen molar-refractivity contribution in [3.63, 3.8) is 0 Å². The van der Waals surface area contributed by atoms with E-state index in [2.05, 4.69) is 4.72 Å². The molecule has 0 unspecified atom stereocenters. The van der Waals surface area contributed by atoms with E-state index in [4.69, 9.17) is 0 Å². The van der Waals surface area contributed by atoms with E-state index in [0.717, 1.165) is 5.56 Å². The summed E-state index contributed by atoms with van der Waals surface area (Å²) in [7, 11) is -3.69. The van der Waals surface area contributed by atoms with Crippen molar-refractivity contribution in [2.24, 2.45) is 0 Å². The first-order valence-corrected chi connectivity index (χ1v) is 8.75. The van der Waals surface area contributed by atoms with Gasteiger partial charge in [-0.1, -0.05) is 24.3 Å². The maximum Gasteiger partial charge on any atom is 0.471 e. The largest absolute Gasteiger partial charge is 0.471 e. The summed E-state index contributed by atoms with van der Waals surface area (Å²) in [6.45, 7) is 1.79. The molecule has 0 saturated heterocycles. The standard InChI is InChI=1S/C16H15F3N2O3S/c1-11-4-2-3-5-12(11)10-25(23,24)21-14-8-6-13(7-9-14)20-15(22)16(17,18)19/h2-9,21H,10H2,1H3,(H,20,22). The summed E-state index contributed by atoms with van der Waals surface area (Å²) in [4.78, 5) is 10.8. The zero-order chi connectivity index (χ0) is 18.7. The Balaban J connectivity index is 2.05. The first-order valence-electron chi connectivity index (χ1n) is 7.10. The molecule has 0 heterocycles. The summed E-state index contributed by atoms with van der Waals surface area (Å²) < 4.78 is 63.2. The molecule has 2 aromatic carbocycles. The lowest BCUT2D eigenvalue weighted by Gasteiger charge is -2.11. The molecule has 0 spiro atoms. The average molecular weight is 372 g/mol. The van der Waals surface area contributed by atoms with Gasteiger partial charge in [-0.3, -0.25) is 9.52 Å². The zero-order valence-corrected chi connectivity index (χ0v) is 13.9. The number of benzene rings is 2. The molecule has 134 valence electrons. The maximum atomic E-state index is 12.2. The van der Waals surface area contributed by atoms with Crippen molar-refractivity contribution >= 4 is 27.3 Å². The number of sulfonamides is 1. The van der Waals surface area contributed by atoms with Gasteiger partial charge < -0.3 is 5.32 Å². The molecule has 0 radical (unpaired) electrons. The van der Waals surface area contributed by atoms with Gasteiger partial charge in [0.25, 0.3) is 0 Å². The van der Waals surface area contributed by atoms with Crippen molar-refractivity contribution in [1.29, 1.82) is 0 Å². The quantitative estimate of drug-likeness (QED) is 0.844. The van der Waals surface area contributed by atoms with Crippen molar-refractivity contribution in [3.8, 4) is 0 Å². The van der Waals surface area contributed by atoms with Crippen LogP contribution in [0, 0.1) is 6.92 Å². The summed E-state index contributed by atoms with van der Waals surface area (Å²) in [5.41, 5.74) is 1.56. The molecule has 5 nitrogen and oxygen atoms in total. The van der Waals surface area contributed by atoms with Crippen LogP contribution in [-0.4, -0.2) is 20.5 Å². The fourth-order valence-electron chi connectivity index (χ4n) is 2.02. The first kappa shape index (κ1) is 18.8. The fraction of sp³-hybridized carbons (Fsp3) is 0.188. The Labute approximate surface area is 142 Å². The van der Waals surface area contributed by atoms with E-state index in [1.807, 2.05) is 0 Å². The third-order valence-corrected chi connectivity index (χ3v) is 4.52. The van der Waals surface area contributed by atoms with E-state index in [1.165, 1.54) is 24.3 Å². The second-order valence-electron chi connectivity index (χ2n) is 5.32. The van der Waals surface area contributed by atoms with Crippen LogP contribution in [0.2, 0.25) is 0 Å². The number of hydrogen-bond donors (Lipinski definition) is 2. The third-order valence-electron chi connectivity index (χ3n) is 3.28. The molecule has 0 saturated carbocycles. The number of aryl methyl sites for hydroxylation is 1. The Morgan fingerprint density at radius 1 is 1.00 bits per heavy atom. The van der Waals surface area contributed by atoms with Gasteiger partial charge in [0.15, 0.2) is 0 Å². The van der Waals surface area contributed by atoms with E-state index < -0.39 is 22.1 Å².